The van der Waals surface area contributed by atoms with Crippen LogP contribution < -0.4 is 0 Å². The van der Waals surface area contributed by atoms with E-state index in [0.29, 0.717) is 19.3 Å². The molecule has 1 aliphatic heterocycles. The van der Waals surface area contributed by atoms with Crippen molar-refractivity contribution in [3.63, 3.8) is 0 Å². The fourth-order valence-corrected chi connectivity index (χ4v) is 2.86. The number of rotatable bonds is 7. The van der Waals surface area contributed by atoms with Crippen LogP contribution in [0.5, 0.6) is 0 Å². The van der Waals surface area contributed by atoms with Crippen LogP contribution >= 0.6 is 0 Å². The Morgan fingerprint density at radius 2 is 2.00 bits per heavy atom. The monoisotopic (exact) mass is 303 g/mol. The molecule has 1 unspecified atom stereocenters. The normalized spacial score (nSPS) is 19.5. The van der Waals surface area contributed by atoms with Gasteiger partial charge >= 0.3 is 5.97 Å². The second-order valence-electron chi connectivity index (χ2n) is 5.69. The molecule has 118 valence electrons. The number of carboxylic acids is 1. The van der Waals surface area contributed by atoms with Crippen LogP contribution in [-0.4, -0.2) is 33.8 Å². The first-order chi connectivity index (χ1) is 10.5. The van der Waals surface area contributed by atoms with Crippen molar-refractivity contribution in [2.24, 2.45) is 5.92 Å². The molecule has 1 saturated heterocycles. The molecule has 1 aromatic carbocycles. The average molecular weight is 303 g/mol. The summed E-state index contributed by atoms with van der Waals surface area (Å²) in [5, 5.41) is 9.33. The third kappa shape index (κ3) is 3.53. The zero-order chi connectivity index (χ0) is 16.1. The molecular weight excluding hydrogens is 282 g/mol. The molecule has 5 heteroatoms. The standard InChI is InChI=1S/C17H21NO4/c1-2-3-9-14(17(21)22)18-15(19)11-13(16(18)20)10-12-7-5-4-6-8-12/h4-8,13-14H,2-3,9-11H2,1H3,(H,21,22)/t13?,14-/m0/s1. The molecule has 22 heavy (non-hydrogen) atoms. The minimum atomic E-state index is -1.10. The molecule has 0 aromatic heterocycles. The number of carbonyl (C=O) groups is 3. The van der Waals surface area contributed by atoms with Crippen molar-refractivity contribution in [3.05, 3.63) is 35.9 Å². The highest BCUT2D eigenvalue weighted by molar-refractivity contribution is 6.06. The lowest BCUT2D eigenvalue weighted by atomic mass is 9.98. The third-order valence-corrected chi connectivity index (χ3v) is 4.03. The Balaban J connectivity index is 2.11. The quantitative estimate of drug-likeness (QED) is 0.784. The van der Waals surface area contributed by atoms with Gasteiger partial charge in [-0.25, -0.2) is 4.79 Å². The minimum absolute atomic E-state index is 0.101. The first-order valence-corrected chi connectivity index (χ1v) is 7.67. The van der Waals surface area contributed by atoms with Crippen LogP contribution in [0, 0.1) is 5.92 Å². The van der Waals surface area contributed by atoms with Gasteiger partial charge in [0.1, 0.15) is 6.04 Å². The second kappa shape index (κ2) is 7.20. The number of likely N-dealkylation sites (tertiary alicyclic amines) is 1. The van der Waals surface area contributed by atoms with Crippen molar-refractivity contribution in [3.8, 4) is 0 Å². The molecule has 2 amide bonds. The highest BCUT2D eigenvalue weighted by atomic mass is 16.4. The number of unbranched alkanes of at least 4 members (excludes halogenated alkanes) is 1. The molecule has 1 N–H and O–H groups in total. The van der Waals surface area contributed by atoms with Gasteiger partial charge in [0, 0.05) is 6.42 Å². The van der Waals surface area contributed by atoms with E-state index in [9.17, 15) is 19.5 Å². The van der Waals surface area contributed by atoms with Crippen LogP contribution in [0.1, 0.15) is 38.2 Å². The van der Waals surface area contributed by atoms with Gasteiger partial charge in [-0.3, -0.25) is 14.5 Å². The van der Waals surface area contributed by atoms with Gasteiger partial charge in [-0.15, -0.1) is 0 Å². The maximum atomic E-state index is 12.5. The molecule has 0 radical (unpaired) electrons. The van der Waals surface area contributed by atoms with Gasteiger partial charge in [0.25, 0.3) is 0 Å². The van der Waals surface area contributed by atoms with E-state index in [4.69, 9.17) is 0 Å². The summed E-state index contributed by atoms with van der Waals surface area (Å²) in [4.78, 5) is 37.0. The summed E-state index contributed by atoms with van der Waals surface area (Å²) in [6.45, 7) is 1.95. The number of carboxylic acid groups (broad SMARTS) is 1. The van der Waals surface area contributed by atoms with Gasteiger partial charge in [0.05, 0.1) is 5.92 Å². The van der Waals surface area contributed by atoms with E-state index in [1.54, 1.807) is 0 Å². The van der Waals surface area contributed by atoms with Crippen molar-refractivity contribution >= 4 is 17.8 Å². The first kappa shape index (κ1) is 16.2. The lowest BCUT2D eigenvalue weighted by molar-refractivity contribution is -0.155. The predicted molar refractivity (Wildman–Crippen MR) is 81.1 cm³/mol. The van der Waals surface area contributed by atoms with Crippen LogP contribution in [0.2, 0.25) is 0 Å². The number of hydrogen-bond donors (Lipinski definition) is 1. The van der Waals surface area contributed by atoms with Crippen molar-refractivity contribution in [1.82, 2.24) is 4.90 Å². The predicted octanol–water partition coefficient (Wildman–Crippen LogP) is 2.25. The fraction of sp³-hybridized carbons (Fsp3) is 0.471. The van der Waals surface area contributed by atoms with Gasteiger partial charge in [0.15, 0.2) is 0 Å². The summed E-state index contributed by atoms with van der Waals surface area (Å²) < 4.78 is 0. The summed E-state index contributed by atoms with van der Waals surface area (Å²) in [5.41, 5.74) is 0.982. The van der Waals surface area contributed by atoms with E-state index in [0.717, 1.165) is 16.9 Å². The Hall–Kier alpha value is -2.17. The Morgan fingerprint density at radius 3 is 2.59 bits per heavy atom. The van der Waals surface area contributed by atoms with Crippen molar-refractivity contribution in [2.45, 2.75) is 45.1 Å². The van der Waals surface area contributed by atoms with E-state index in [2.05, 4.69) is 0 Å². The number of carbonyl (C=O) groups excluding carboxylic acids is 2. The summed E-state index contributed by atoms with van der Waals surface area (Å²) >= 11 is 0. The number of aliphatic carboxylic acids is 1. The molecule has 5 nitrogen and oxygen atoms in total. The first-order valence-electron chi connectivity index (χ1n) is 7.67. The Morgan fingerprint density at radius 1 is 1.32 bits per heavy atom. The zero-order valence-corrected chi connectivity index (χ0v) is 12.7. The molecule has 1 aromatic rings. The summed E-state index contributed by atoms with van der Waals surface area (Å²) in [6.07, 6.45) is 2.40. The van der Waals surface area contributed by atoms with Gasteiger partial charge in [-0.05, 0) is 18.4 Å². The van der Waals surface area contributed by atoms with Crippen molar-refractivity contribution in [2.75, 3.05) is 0 Å². The number of amides is 2. The Bertz CT molecular complexity index is 555. The maximum absolute atomic E-state index is 12.5. The summed E-state index contributed by atoms with van der Waals surface area (Å²) in [5.74, 6) is -2.26. The molecule has 0 saturated carbocycles. The molecule has 1 heterocycles. The number of benzene rings is 1. The fourth-order valence-electron chi connectivity index (χ4n) is 2.86. The van der Waals surface area contributed by atoms with Gasteiger partial charge < -0.3 is 5.11 Å². The third-order valence-electron chi connectivity index (χ3n) is 4.03. The van der Waals surface area contributed by atoms with Crippen LogP contribution in [0.4, 0.5) is 0 Å². The summed E-state index contributed by atoms with van der Waals surface area (Å²) in [6, 6.07) is 8.45. The Labute approximate surface area is 129 Å². The van der Waals surface area contributed by atoms with E-state index in [-0.39, 0.29) is 18.2 Å². The molecule has 2 atom stereocenters. The van der Waals surface area contributed by atoms with E-state index in [1.165, 1.54) is 0 Å². The van der Waals surface area contributed by atoms with Crippen molar-refractivity contribution < 1.29 is 19.5 Å². The zero-order valence-electron chi connectivity index (χ0n) is 12.7. The van der Waals surface area contributed by atoms with Crippen LogP contribution in [0.25, 0.3) is 0 Å². The molecule has 1 aliphatic rings. The molecule has 0 spiro atoms. The lowest BCUT2D eigenvalue weighted by Crippen LogP contribution is -2.45. The van der Waals surface area contributed by atoms with Crippen LogP contribution in [0.15, 0.2) is 30.3 Å². The SMILES string of the molecule is CCCC[C@@H](C(=O)O)N1C(=O)CC(Cc2ccccc2)C1=O. The van der Waals surface area contributed by atoms with Gasteiger partial charge in [-0.2, -0.15) is 0 Å². The van der Waals surface area contributed by atoms with E-state index in [1.807, 2.05) is 37.3 Å². The Kier molecular flexibility index (Phi) is 5.31. The van der Waals surface area contributed by atoms with Crippen molar-refractivity contribution in [1.29, 1.82) is 0 Å². The average Bonchev–Trinajstić information content (AvgIpc) is 2.76. The molecule has 2 rings (SSSR count). The minimum Gasteiger partial charge on any atom is -0.480 e. The second-order valence-corrected chi connectivity index (χ2v) is 5.69. The molecule has 1 fully saturated rings. The van der Waals surface area contributed by atoms with E-state index >= 15 is 0 Å². The highest BCUT2D eigenvalue weighted by Gasteiger charge is 2.44. The topological polar surface area (TPSA) is 74.7 Å². The van der Waals surface area contributed by atoms with Gasteiger partial charge in [-0.1, -0.05) is 50.1 Å². The molecular formula is C17H21NO4. The lowest BCUT2D eigenvalue weighted by Gasteiger charge is -2.23. The highest BCUT2D eigenvalue weighted by Crippen LogP contribution is 2.27. The van der Waals surface area contributed by atoms with Gasteiger partial charge in [0.2, 0.25) is 11.8 Å². The number of hydrogen-bond acceptors (Lipinski definition) is 3. The van der Waals surface area contributed by atoms with Crippen LogP contribution in [-0.2, 0) is 20.8 Å². The maximum Gasteiger partial charge on any atom is 0.326 e. The summed E-state index contributed by atoms with van der Waals surface area (Å²) in [7, 11) is 0. The van der Waals surface area contributed by atoms with Crippen LogP contribution in [0.3, 0.4) is 0 Å². The largest absolute Gasteiger partial charge is 0.480 e. The smallest absolute Gasteiger partial charge is 0.326 e. The van der Waals surface area contributed by atoms with E-state index < -0.39 is 17.9 Å². The molecule has 0 aliphatic carbocycles. The number of imide groups is 1. The number of nitrogens with zero attached hydrogens (tertiary/aromatic N) is 1. The molecule has 0 bridgehead atoms.